The van der Waals surface area contributed by atoms with Gasteiger partial charge >= 0.3 is 0 Å². The summed E-state index contributed by atoms with van der Waals surface area (Å²) >= 11 is 0. The fraction of sp³-hybridized carbons (Fsp3) is 0.550. The predicted molar refractivity (Wildman–Crippen MR) is 117 cm³/mol. The van der Waals surface area contributed by atoms with Gasteiger partial charge in [0.05, 0.1) is 11.9 Å². The zero-order valence-electron chi connectivity index (χ0n) is 17.2. The van der Waals surface area contributed by atoms with E-state index >= 15 is 0 Å². The minimum Gasteiger partial charge on any atom is -0.377 e. The molecule has 0 bridgehead atoms. The Morgan fingerprint density at radius 1 is 1.30 bits per heavy atom. The van der Waals surface area contributed by atoms with Crippen molar-refractivity contribution in [1.82, 2.24) is 20.3 Å². The van der Waals surface area contributed by atoms with E-state index in [0.717, 1.165) is 35.7 Å². The summed E-state index contributed by atoms with van der Waals surface area (Å²) in [6.45, 7) is 1.83. The van der Waals surface area contributed by atoms with E-state index in [9.17, 15) is 12.8 Å². The predicted octanol–water partition coefficient (Wildman–Crippen LogP) is 1.50. The number of rotatable bonds is 9. The second-order valence-corrected chi connectivity index (χ2v) is 9.26. The molecular formula is C20H30FN5O3S. The summed E-state index contributed by atoms with van der Waals surface area (Å²) in [6.07, 6.45) is 5.51. The van der Waals surface area contributed by atoms with Crippen LogP contribution in [-0.2, 0) is 21.2 Å². The molecule has 1 aromatic heterocycles. The largest absolute Gasteiger partial charge is 0.377 e. The lowest BCUT2D eigenvalue weighted by Crippen LogP contribution is -2.43. The molecule has 1 aliphatic rings. The maximum Gasteiger partial charge on any atom is 0.213 e. The lowest BCUT2D eigenvalue weighted by Gasteiger charge is -2.22. The van der Waals surface area contributed by atoms with Crippen LogP contribution in [0.2, 0.25) is 0 Å². The Balaban J connectivity index is 1.38. The Morgan fingerprint density at radius 3 is 2.90 bits per heavy atom. The van der Waals surface area contributed by atoms with Crippen molar-refractivity contribution in [1.29, 1.82) is 0 Å². The van der Waals surface area contributed by atoms with E-state index in [1.54, 1.807) is 13.1 Å². The van der Waals surface area contributed by atoms with Crippen LogP contribution in [0.5, 0.6) is 0 Å². The van der Waals surface area contributed by atoms with E-state index in [2.05, 4.69) is 25.3 Å². The van der Waals surface area contributed by atoms with Crippen LogP contribution in [0.4, 0.5) is 4.39 Å². The maximum atomic E-state index is 13.5. The number of nitrogens with one attached hydrogen (secondary N) is 4. The van der Waals surface area contributed by atoms with Crippen LogP contribution in [0, 0.1) is 5.82 Å². The van der Waals surface area contributed by atoms with Gasteiger partial charge in [-0.25, -0.2) is 17.5 Å². The van der Waals surface area contributed by atoms with Crippen LogP contribution in [0.1, 0.15) is 24.8 Å². The molecule has 166 valence electrons. The van der Waals surface area contributed by atoms with Gasteiger partial charge in [-0.15, -0.1) is 0 Å². The summed E-state index contributed by atoms with van der Waals surface area (Å²) in [5.41, 5.74) is 1.90. The van der Waals surface area contributed by atoms with Gasteiger partial charge < -0.3 is 20.4 Å². The number of aromatic amines is 1. The smallest absolute Gasteiger partial charge is 0.213 e. The van der Waals surface area contributed by atoms with Crippen molar-refractivity contribution in [2.24, 2.45) is 4.99 Å². The molecule has 1 unspecified atom stereocenters. The van der Waals surface area contributed by atoms with E-state index < -0.39 is 10.0 Å². The number of fused-ring (bicyclic) bond motifs is 1. The molecule has 0 saturated carbocycles. The molecule has 30 heavy (non-hydrogen) atoms. The zero-order valence-corrected chi connectivity index (χ0v) is 18.0. The highest BCUT2D eigenvalue weighted by Crippen LogP contribution is 2.19. The van der Waals surface area contributed by atoms with Crippen LogP contribution in [-0.4, -0.2) is 64.5 Å². The number of benzene rings is 1. The molecule has 0 aliphatic carbocycles. The highest BCUT2D eigenvalue weighted by Gasteiger charge is 2.17. The van der Waals surface area contributed by atoms with Crippen LogP contribution in [0.25, 0.3) is 10.9 Å². The number of guanidine groups is 1. The Morgan fingerprint density at radius 2 is 2.13 bits per heavy atom. The lowest BCUT2D eigenvalue weighted by molar-refractivity contribution is 0.0200. The first-order valence-electron chi connectivity index (χ1n) is 10.3. The number of hydrogen-bond donors (Lipinski definition) is 4. The van der Waals surface area contributed by atoms with E-state index in [1.165, 1.54) is 12.1 Å². The highest BCUT2D eigenvalue weighted by molar-refractivity contribution is 7.89. The Bertz CT molecular complexity index is 955. The standard InChI is InChI=1S/C20H30FN5O3S/c1-22-20(23-8-7-15-13-25-19-6-5-16(21)12-18(15)19)24-9-11-30(27,28)26-14-17-4-2-3-10-29-17/h5-6,12-13,17,25-26H,2-4,7-11,14H2,1H3,(H2,22,23,24). The van der Waals surface area contributed by atoms with Crippen molar-refractivity contribution in [2.45, 2.75) is 31.8 Å². The molecule has 1 fully saturated rings. The monoisotopic (exact) mass is 439 g/mol. The first-order valence-corrected chi connectivity index (χ1v) is 11.9. The summed E-state index contributed by atoms with van der Waals surface area (Å²) in [6, 6.07) is 4.67. The van der Waals surface area contributed by atoms with Gasteiger partial charge in [-0.2, -0.15) is 0 Å². The fourth-order valence-electron chi connectivity index (χ4n) is 3.46. The second kappa shape index (κ2) is 10.7. The molecule has 4 N–H and O–H groups in total. The minimum atomic E-state index is -3.38. The molecule has 1 saturated heterocycles. The number of nitrogens with zero attached hydrogens (tertiary/aromatic N) is 1. The Labute approximate surface area is 176 Å². The molecule has 1 aliphatic heterocycles. The van der Waals surface area contributed by atoms with Gasteiger partial charge in [0.1, 0.15) is 5.82 Å². The van der Waals surface area contributed by atoms with Gasteiger partial charge in [-0.3, -0.25) is 4.99 Å². The first kappa shape index (κ1) is 22.5. The van der Waals surface area contributed by atoms with Gasteiger partial charge in [-0.1, -0.05) is 0 Å². The zero-order chi connectivity index (χ0) is 21.4. The topological polar surface area (TPSA) is 108 Å². The molecule has 10 heteroatoms. The molecule has 8 nitrogen and oxygen atoms in total. The molecule has 0 spiro atoms. The summed E-state index contributed by atoms with van der Waals surface area (Å²) in [7, 11) is -1.76. The number of sulfonamides is 1. The normalized spacial score (nSPS) is 17.9. The van der Waals surface area contributed by atoms with Gasteiger partial charge in [0, 0.05) is 50.4 Å². The van der Waals surface area contributed by atoms with Crippen molar-refractivity contribution in [3.05, 3.63) is 35.8 Å². The second-order valence-electron chi connectivity index (χ2n) is 7.34. The van der Waals surface area contributed by atoms with E-state index in [-0.39, 0.29) is 24.2 Å². The fourth-order valence-corrected chi connectivity index (χ4v) is 4.41. The lowest BCUT2D eigenvalue weighted by atomic mass is 10.1. The third-order valence-electron chi connectivity index (χ3n) is 5.11. The van der Waals surface area contributed by atoms with Gasteiger partial charge in [-0.05, 0) is 49.4 Å². The maximum absolute atomic E-state index is 13.5. The van der Waals surface area contributed by atoms with Crippen LogP contribution in [0.15, 0.2) is 29.4 Å². The van der Waals surface area contributed by atoms with E-state index in [0.29, 0.717) is 32.1 Å². The molecule has 1 aromatic carbocycles. The van der Waals surface area contributed by atoms with Crippen molar-refractivity contribution in [2.75, 3.05) is 39.0 Å². The van der Waals surface area contributed by atoms with Gasteiger partial charge in [0.25, 0.3) is 0 Å². The molecule has 0 amide bonds. The SMILES string of the molecule is CN=C(NCCc1c[nH]c2ccc(F)cc12)NCCS(=O)(=O)NCC1CCCCO1. The molecule has 0 radical (unpaired) electrons. The molecule has 3 rings (SSSR count). The number of aromatic nitrogens is 1. The summed E-state index contributed by atoms with van der Waals surface area (Å²) < 4.78 is 46.0. The van der Waals surface area contributed by atoms with Crippen LogP contribution < -0.4 is 15.4 Å². The Hall–Kier alpha value is -2.17. The number of ether oxygens (including phenoxy) is 1. The molecule has 2 aromatic rings. The van der Waals surface area contributed by atoms with Gasteiger partial charge in [0.15, 0.2) is 5.96 Å². The third-order valence-corrected chi connectivity index (χ3v) is 6.46. The average Bonchev–Trinajstić information content (AvgIpc) is 3.14. The van der Waals surface area contributed by atoms with Gasteiger partial charge in [0.2, 0.25) is 10.0 Å². The number of H-pyrrole nitrogens is 1. The van der Waals surface area contributed by atoms with E-state index in [4.69, 9.17) is 4.74 Å². The quantitative estimate of drug-likeness (QED) is 0.350. The third kappa shape index (κ3) is 6.68. The summed E-state index contributed by atoms with van der Waals surface area (Å²) in [5, 5.41) is 7.02. The minimum absolute atomic E-state index is 0.0334. The molecule has 2 heterocycles. The van der Waals surface area contributed by atoms with Crippen molar-refractivity contribution < 1.29 is 17.5 Å². The number of halogens is 1. The number of aliphatic imine (C=N–C) groups is 1. The van der Waals surface area contributed by atoms with Crippen molar-refractivity contribution in [3.63, 3.8) is 0 Å². The first-order chi connectivity index (χ1) is 14.5. The highest BCUT2D eigenvalue weighted by atomic mass is 32.2. The van der Waals surface area contributed by atoms with E-state index in [1.807, 2.05) is 6.20 Å². The summed E-state index contributed by atoms with van der Waals surface area (Å²) in [5.74, 6) is 0.202. The average molecular weight is 440 g/mol. The summed E-state index contributed by atoms with van der Waals surface area (Å²) in [4.78, 5) is 7.24. The number of hydrogen-bond acceptors (Lipinski definition) is 4. The van der Waals surface area contributed by atoms with Crippen molar-refractivity contribution in [3.8, 4) is 0 Å². The van der Waals surface area contributed by atoms with Crippen LogP contribution >= 0.6 is 0 Å². The van der Waals surface area contributed by atoms with Crippen molar-refractivity contribution >= 4 is 26.9 Å². The molecular weight excluding hydrogens is 409 g/mol. The molecule has 1 atom stereocenters. The van der Waals surface area contributed by atoms with Crippen LogP contribution in [0.3, 0.4) is 0 Å². The Kier molecular flexibility index (Phi) is 8.06.